The molecule has 21 heavy (non-hydrogen) atoms. The molecule has 0 amide bonds. The minimum Gasteiger partial charge on any atom is -0.279 e. The van der Waals surface area contributed by atoms with Gasteiger partial charge in [0.25, 0.3) is 0 Å². The molecule has 2 aromatic carbocycles. The summed E-state index contributed by atoms with van der Waals surface area (Å²) in [5.74, 6) is 0. The molecule has 0 bridgehead atoms. The zero-order valence-electron chi connectivity index (χ0n) is 10.5. The second kappa shape index (κ2) is 6.37. The molecule has 0 saturated carbocycles. The van der Waals surface area contributed by atoms with Crippen LogP contribution in [0.1, 0.15) is 11.1 Å². The number of benzene rings is 2. The lowest BCUT2D eigenvalue weighted by molar-refractivity contribution is -0.137. The van der Waals surface area contributed by atoms with Crippen molar-refractivity contribution in [2.75, 3.05) is 5.43 Å². The van der Waals surface area contributed by atoms with Crippen molar-refractivity contribution in [3.8, 4) is 0 Å². The first kappa shape index (κ1) is 15.7. The van der Waals surface area contributed by atoms with Crippen LogP contribution in [0.15, 0.2) is 47.6 Å². The number of anilines is 1. The van der Waals surface area contributed by atoms with Crippen molar-refractivity contribution in [3.63, 3.8) is 0 Å². The maximum atomic E-state index is 12.8. The van der Waals surface area contributed by atoms with Gasteiger partial charge in [-0.2, -0.15) is 18.3 Å². The molecular weight excluding hydrogens is 324 g/mol. The monoisotopic (exact) mass is 332 g/mol. The lowest BCUT2D eigenvalue weighted by Crippen LogP contribution is -2.07. The predicted molar refractivity (Wildman–Crippen MR) is 79.1 cm³/mol. The van der Waals surface area contributed by atoms with E-state index in [2.05, 4.69) is 10.5 Å². The van der Waals surface area contributed by atoms with E-state index in [0.29, 0.717) is 5.69 Å². The molecule has 0 radical (unpaired) electrons. The zero-order valence-corrected chi connectivity index (χ0v) is 12.0. The number of halogens is 5. The van der Waals surface area contributed by atoms with Gasteiger partial charge in [-0.25, -0.2) is 0 Å². The molecule has 0 aliphatic heterocycles. The maximum Gasteiger partial charge on any atom is 0.417 e. The van der Waals surface area contributed by atoms with Crippen LogP contribution >= 0.6 is 23.2 Å². The number of hydrogen-bond donors (Lipinski definition) is 1. The molecule has 2 nitrogen and oxygen atoms in total. The Bertz CT molecular complexity index is 655. The van der Waals surface area contributed by atoms with Gasteiger partial charge in [-0.05, 0) is 24.3 Å². The van der Waals surface area contributed by atoms with Crippen molar-refractivity contribution in [2.24, 2.45) is 5.10 Å². The molecule has 0 saturated heterocycles. The van der Waals surface area contributed by atoms with Gasteiger partial charge in [0.1, 0.15) is 0 Å². The molecule has 0 aliphatic carbocycles. The summed E-state index contributed by atoms with van der Waals surface area (Å²) in [6.45, 7) is 0. The Morgan fingerprint density at radius 3 is 2.29 bits per heavy atom. The number of para-hydroxylation sites is 1. The lowest BCUT2D eigenvalue weighted by atomic mass is 10.1. The summed E-state index contributed by atoms with van der Waals surface area (Å²) in [6.07, 6.45) is -3.38. The van der Waals surface area contributed by atoms with Crippen LogP contribution in [0.5, 0.6) is 0 Å². The third-order valence-corrected chi connectivity index (χ3v) is 3.33. The molecule has 0 unspecified atom stereocenters. The first-order valence-corrected chi connectivity index (χ1v) is 6.54. The van der Waals surface area contributed by atoms with Crippen LogP contribution in [0, 0.1) is 0 Å². The fraction of sp³-hybridized carbons (Fsp3) is 0.0714. The first-order chi connectivity index (χ1) is 9.89. The fourth-order valence-electron chi connectivity index (χ4n) is 1.59. The Hall–Kier alpha value is -1.72. The summed E-state index contributed by atoms with van der Waals surface area (Å²) in [7, 11) is 0. The van der Waals surface area contributed by atoms with Crippen LogP contribution in [0.2, 0.25) is 10.0 Å². The van der Waals surface area contributed by atoms with Crippen LogP contribution in [0.25, 0.3) is 0 Å². The molecule has 7 heteroatoms. The molecule has 0 atom stereocenters. The van der Waals surface area contributed by atoms with E-state index in [0.717, 1.165) is 18.3 Å². The van der Waals surface area contributed by atoms with Gasteiger partial charge in [-0.15, -0.1) is 0 Å². The van der Waals surface area contributed by atoms with E-state index in [1.54, 1.807) is 24.3 Å². The summed E-state index contributed by atoms with van der Waals surface area (Å²) in [5.41, 5.74) is 2.43. The summed E-state index contributed by atoms with van der Waals surface area (Å²) in [5, 5.41) is 3.46. The number of hydrogen-bond acceptors (Lipinski definition) is 2. The average molecular weight is 333 g/mol. The van der Waals surface area contributed by atoms with Crippen LogP contribution < -0.4 is 5.43 Å². The molecule has 0 spiro atoms. The third kappa shape index (κ3) is 3.89. The second-order valence-electron chi connectivity index (χ2n) is 4.06. The predicted octanol–water partition coefficient (Wildman–Crippen LogP) is 5.46. The van der Waals surface area contributed by atoms with Gasteiger partial charge < -0.3 is 0 Å². The van der Waals surface area contributed by atoms with Gasteiger partial charge in [0.15, 0.2) is 0 Å². The van der Waals surface area contributed by atoms with Crippen LogP contribution in [-0.2, 0) is 6.18 Å². The molecule has 1 N–H and O–H groups in total. The molecule has 0 aromatic heterocycles. The largest absolute Gasteiger partial charge is 0.417 e. The van der Waals surface area contributed by atoms with Gasteiger partial charge in [-0.1, -0.05) is 41.4 Å². The van der Waals surface area contributed by atoms with Gasteiger partial charge in [0.2, 0.25) is 0 Å². The van der Waals surface area contributed by atoms with Crippen LogP contribution in [-0.4, -0.2) is 6.21 Å². The van der Waals surface area contributed by atoms with Crippen molar-refractivity contribution in [1.82, 2.24) is 0 Å². The molecule has 110 valence electrons. The van der Waals surface area contributed by atoms with Gasteiger partial charge >= 0.3 is 6.18 Å². The van der Waals surface area contributed by atoms with E-state index >= 15 is 0 Å². The van der Waals surface area contributed by atoms with Crippen LogP contribution in [0.3, 0.4) is 0 Å². The van der Waals surface area contributed by atoms with E-state index in [4.69, 9.17) is 23.2 Å². The standard InChI is InChI=1S/C14H9Cl2F3N2/c15-12-7-6-11(14(17,18)19)13(16)10(12)8-20-21-9-4-2-1-3-5-9/h1-8,21H. The maximum absolute atomic E-state index is 12.8. The van der Waals surface area contributed by atoms with Crippen molar-refractivity contribution in [1.29, 1.82) is 0 Å². The summed E-state index contributed by atoms with van der Waals surface area (Å²) >= 11 is 11.6. The van der Waals surface area contributed by atoms with E-state index in [-0.39, 0.29) is 10.6 Å². The van der Waals surface area contributed by atoms with Gasteiger partial charge in [0, 0.05) is 5.56 Å². The smallest absolute Gasteiger partial charge is 0.279 e. The minimum absolute atomic E-state index is 0.0107. The molecule has 0 aliphatic rings. The van der Waals surface area contributed by atoms with E-state index < -0.39 is 16.8 Å². The molecule has 2 aromatic rings. The number of nitrogens with one attached hydrogen (secondary N) is 1. The first-order valence-electron chi connectivity index (χ1n) is 5.79. The molecular formula is C14H9Cl2F3N2. The van der Waals surface area contributed by atoms with Gasteiger partial charge in [-0.3, -0.25) is 5.43 Å². The Morgan fingerprint density at radius 1 is 1.00 bits per heavy atom. The van der Waals surface area contributed by atoms with E-state index in [9.17, 15) is 13.2 Å². The quantitative estimate of drug-likeness (QED) is 0.585. The molecule has 2 rings (SSSR count). The van der Waals surface area contributed by atoms with E-state index in [1.807, 2.05) is 6.07 Å². The highest BCUT2D eigenvalue weighted by Crippen LogP contribution is 2.38. The van der Waals surface area contributed by atoms with Crippen molar-refractivity contribution in [3.05, 3.63) is 63.6 Å². The van der Waals surface area contributed by atoms with Crippen LogP contribution in [0.4, 0.5) is 18.9 Å². The third-order valence-electron chi connectivity index (χ3n) is 2.59. The summed E-state index contributed by atoms with van der Waals surface area (Å²) in [6, 6.07) is 10.9. The van der Waals surface area contributed by atoms with Crippen molar-refractivity contribution >= 4 is 35.1 Å². The average Bonchev–Trinajstić information content (AvgIpc) is 2.42. The number of nitrogens with zero attached hydrogens (tertiary/aromatic N) is 1. The molecule has 0 heterocycles. The Kier molecular flexibility index (Phi) is 4.75. The highest BCUT2D eigenvalue weighted by molar-refractivity contribution is 6.39. The summed E-state index contributed by atoms with van der Waals surface area (Å²) < 4.78 is 38.3. The number of alkyl halides is 3. The highest BCUT2D eigenvalue weighted by atomic mass is 35.5. The number of hydrazone groups is 1. The highest BCUT2D eigenvalue weighted by Gasteiger charge is 2.34. The van der Waals surface area contributed by atoms with Crippen molar-refractivity contribution in [2.45, 2.75) is 6.18 Å². The van der Waals surface area contributed by atoms with Gasteiger partial charge in [0.05, 0.1) is 27.5 Å². The molecule has 0 fully saturated rings. The lowest BCUT2D eigenvalue weighted by Gasteiger charge is -2.11. The fourth-order valence-corrected chi connectivity index (χ4v) is 2.17. The zero-order chi connectivity index (χ0) is 15.5. The SMILES string of the molecule is FC(F)(F)c1ccc(Cl)c(C=NNc2ccccc2)c1Cl. The summed E-state index contributed by atoms with van der Waals surface area (Å²) in [4.78, 5) is 0. The number of rotatable bonds is 3. The minimum atomic E-state index is -4.54. The Labute approximate surface area is 129 Å². The van der Waals surface area contributed by atoms with E-state index in [1.165, 1.54) is 0 Å². The topological polar surface area (TPSA) is 24.4 Å². The Balaban J connectivity index is 2.27. The Morgan fingerprint density at radius 2 is 1.67 bits per heavy atom. The second-order valence-corrected chi connectivity index (χ2v) is 4.84. The van der Waals surface area contributed by atoms with Crippen molar-refractivity contribution < 1.29 is 13.2 Å². The normalized spacial score (nSPS) is 11.9.